The van der Waals surface area contributed by atoms with Crippen molar-refractivity contribution in [3.8, 4) is 0 Å². The number of aliphatic hydroxyl groups is 1. The fourth-order valence-corrected chi connectivity index (χ4v) is 2.06. The van der Waals surface area contributed by atoms with E-state index >= 15 is 0 Å². The standard InChI is InChI=1S/C12H21N3O5/c1-4-14(7-10(17)13(2)3)12(20)15-6-8(16)5-9(15)11(18)19/h8-9,16H,4-7H2,1-3H3,(H,18,19)/t8?,9-/m0/s1. The highest BCUT2D eigenvalue weighted by Crippen LogP contribution is 2.20. The molecule has 8 nitrogen and oxygen atoms in total. The van der Waals surface area contributed by atoms with Crippen molar-refractivity contribution in [1.29, 1.82) is 0 Å². The number of rotatable bonds is 4. The van der Waals surface area contributed by atoms with E-state index in [1.807, 2.05) is 0 Å². The molecule has 0 aromatic rings. The van der Waals surface area contributed by atoms with Gasteiger partial charge in [-0.25, -0.2) is 9.59 Å². The molecule has 0 spiro atoms. The molecule has 8 heteroatoms. The van der Waals surface area contributed by atoms with Crippen molar-refractivity contribution in [2.24, 2.45) is 0 Å². The minimum absolute atomic E-state index is 0.0141. The quantitative estimate of drug-likeness (QED) is 0.693. The van der Waals surface area contributed by atoms with Crippen molar-refractivity contribution in [2.45, 2.75) is 25.5 Å². The molecular weight excluding hydrogens is 266 g/mol. The number of β-amino-alcohol motifs (C(OH)–C–C–N with tert-alkyl or cyclic N) is 1. The number of amides is 3. The van der Waals surface area contributed by atoms with E-state index in [4.69, 9.17) is 5.11 Å². The maximum Gasteiger partial charge on any atom is 0.326 e. The first kappa shape index (κ1) is 16.2. The Kier molecular flexibility index (Phi) is 5.32. The number of carboxylic acid groups (broad SMARTS) is 1. The van der Waals surface area contributed by atoms with Crippen molar-refractivity contribution >= 4 is 17.9 Å². The van der Waals surface area contributed by atoms with Gasteiger partial charge in [-0.1, -0.05) is 0 Å². The lowest BCUT2D eigenvalue weighted by Crippen LogP contribution is -2.50. The van der Waals surface area contributed by atoms with Crippen LogP contribution < -0.4 is 0 Å². The third kappa shape index (κ3) is 3.60. The fraction of sp³-hybridized carbons (Fsp3) is 0.750. The maximum absolute atomic E-state index is 12.3. The number of nitrogens with zero attached hydrogens (tertiary/aromatic N) is 3. The Morgan fingerprint density at radius 3 is 2.35 bits per heavy atom. The van der Waals surface area contributed by atoms with Gasteiger partial charge in [-0.2, -0.15) is 0 Å². The SMILES string of the molecule is CCN(CC(=O)N(C)C)C(=O)N1CC(O)C[C@H]1C(=O)O. The van der Waals surface area contributed by atoms with E-state index in [1.54, 1.807) is 21.0 Å². The molecule has 1 unspecified atom stereocenters. The van der Waals surface area contributed by atoms with Crippen LogP contribution in [0.25, 0.3) is 0 Å². The van der Waals surface area contributed by atoms with Crippen LogP contribution in [0.5, 0.6) is 0 Å². The fourth-order valence-electron chi connectivity index (χ4n) is 2.06. The molecule has 1 heterocycles. The third-order valence-electron chi connectivity index (χ3n) is 3.29. The van der Waals surface area contributed by atoms with Crippen molar-refractivity contribution in [1.82, 2.24) is 14.7 Å². The molecule has 114 valence electrons. The summed E-state index contributed by atoms with van der Waals surface area (Å²) < 4.78 is 0. The molecule has 0 radical (unpaired) electrons. The first-order valence-corrected chi connectivity index (χ1v) is 6.44. The van der Waals surface area contributed by atoms with Crippen molar-refractivity contribution < 1.29 is 24.6 Å². The lowest BCUT2D eigenvalue weighted by molar-refractivity contribution is -0.141. The molecule has 1 aliphatic heterocycles. The smallest absolute Gasteiger partial charge is 0.326 e. The van der Waals surface area contributed by atoms with Crippen LogP contribution in [0.15, 0.2) is 0 Å². The average molecular weight is 287 g/mol. The molecule has 1 saturated heterocycles. The Morgan fingerprint density at radius 2 is 1.90 bits per heavy atom. The predicted octanol–water partition coefficient (Wildman–Crippen LogP) is -0.964. The van der Waals surface area contributed by atoms with Crippen LogP contribution >= 0.6 is 0 Å². The summed E-state index contributed by atoms with van der Waals surface area (Å²) >= 11 is 0. The average Bonchev–Trinajstić information content (AvgIpc) is 2.76. The summed E-state index contributed by atoms with van der Waals surface area (Å²) in [6, 6.07) is -1.58. The van der Waals surface area contributed by atoms with Gasteiger partial charge in [0, 0.05) is 33.6 Å². The van der Waals surface area contributed by atoms with Crippen molar-refractivity contribution in [2.75, 3.05) is 33.7 Å². The van der Waals surface area contributed by atoms with Gasteiger partial charge in [-0.3, -0.25) is 4.79 Å². The normalized spacial score (nSPS) is 21.7. The van der Waals surface area contributed by atoms with E-state index in [-0.39, 0.29) is 32.0 Å². The number of hydrogen-bond donors (Lipinski definition) is 2. The van der Waals surface area contributed by atoms with E-state index in [0.717, 1.165) is 4.90 Å². The highest BCUT2D eigenvalue weighted by Gasteiger charge is 2.40. The van der Waals surface area contributed by atoms with E-state index in [1.165, 1.54) is 9.80 Å². The molecule has 0 aliphatic carbocycles. The van der Waals surface area contributed by atoms with E-state index in [2.05, 4.69) is 0 Å². The van der Waals surface area contributed by atoms with Crippen LogP contribution in [0.4, 0.5) is 4.79 Å². The Hall–Kier alpha value is -1.83. The van der Waals surface area contributed by atoms with E-state index in [9.17, 15) is 19.5 Å². The number of urea groups is 1. The molecular formula is C12H21N3O5. The molecule has 0 aromatic carbocycles. The van der Waals surface area contributed by atoms with Crippen LogP contribution in [-0.2, 0) is 9.59 Å². The zero-order valence-corrected chi connectivity index (χ0v) is 11.9. The number of carbonyl (C=O) groups excluding carboxylic acids is 2. The van der Waals surface area contributed by atoms with Crippen molar-refractivity contribution in [3.63, 3.8) is 0 Å². The predicted molar refractivity (Wildman–Crippen MR) is 70.1 cm³/mol. The van der Waals surface area contributed by atoms with Gasteiger partial charge in [0.15, 0.2) is 0 Å². The first-order valence-electron chi connectivity index (χ1n) is 6.44. The monoisotopic (exact) mass is 287 g/mol. The maximum atomic E-state index is 12.3. The Balaban J connectivity index is 2.79. The number of hydrogen-bond acceptors (Lipinski definition) is 4. The van der Waals surface area contributed by atoms with Gasteiger partial charge >= 0.3 is 12.0 Å². The van der Waals surface area contributed by atoms with Crippen LogP contribution in [0.3, 0.4) is 0 Å². The summed E-state index contributed by atoms with van der Waals surface area (Å²) in [5, 5.41) is 18.6. The highest BCUT2D eigenvalue weighted by atomic mass is 16.4. The molecule has 20 heavy (non-hydrogen) atoms. The molecule has 3 amide bonds. The van der Waals surface area contributed by atoms with Gasteiger partial charge in [0.1, 0.15) is 12.6 Å². The van der Waals surface area contributed by atoms with Crippen LogP contribution in [0.2, 0.25) is 0 Å². The molecule has 0 aromatic heterocycles. The minimum Gasteiger partial charge on any atom is -0.480 e. The second kappa shape index (κ2) is 6.56. The van der Waals surface area contributed by atoms with E-state index < -0.39 is 24.1 Å². The van der Waals surface area contributed by atoms with Crippen molar-refractivity contribution in [3.05, 3.63) is 0 Å². The van der Waals surface area contributed by atoms with Crippen LogP contribution in [0.1, 0.15) is 13.3 Å². The highest BCUT2D eigenvalue weighted by molar-refractivity contribution is 5.87. The molecule has 1 fully saturated rings. The largest absolute Gasteiger partial charge is 0.480 e. The number of carbonyl (C=O) groups is 3. The Labute approximate surface area is 117 Å². The zero-order chi connectivity index (χ0) is 15.4. The third-order valence-corrected chi connectivity index (χ3v) is 3.29. The van der Waals surface area contributed by atoms with Gasteiger partial charge in [0.05, 0.1) is 6.10 Å². The summed E-state index contributed by atoms with van der Waals surface area (Å²) in [5.74, 6) is -1.39. The minimum atomic E-state index is -1.15. The van der Waals surface area contributed by atoms with Gasteiger partial charge in [-0.05, 0) is 6.92 Å². The first-order chi connectivity index (χ1) is 9.27. The van der Waals surface area contributed by atoms with E-state index in [0.29, 0.717) is 0 Å². The van der Waals surface area contributed by atoms with Crippen LogP contribution in [-0.4, -0.2) is 88.7 Å². The summed E-state index contributed by atoms with van der Waals surface area (Å²) in [5.41, 5.74) is 0. The lowest BCUT2D eigenvalue weighted by Gasteiger charge is -2.29. The van der Waals surface area contributed by atoms with Crippen LogP contribution in [0, 0.1) is 0 Å². The molecule has 1 rings (SSSR count). The molecule has 2 atom stereocenters. The summed E-state index contributed by atoms with van der Waals surface area (Å²) in [6.07, 6.45) is -0.830. The topological polar surface area (TPSA) is 101 Å². The number of aliphatic carboxylic acids is 1. The Morgan fingerprint density at radius 1 is 1.30 bits per heavy atom. The molecule has 0 saturated carbocycles. The zero-order valence-electron chi connectivity index (χ0n) is 11.9. The summed E-state index contributed by atoms with van der Waals surface area (Å²) in [4.78, 5) is 38.8. The second-order valence-electron chi connectivity index (χ2n) is 4.98. The summed E-state index contributed by atoms with van der Waals surface area (Å²) in [7, 11) is 3.17. The number of carboxylic acids is 1. The van der Waals surface area contributed by atoms with Gasteiger partial charge in [0.2, 0.25) is 5.91 Å². The Bertz CT molecular complexity index is 399. The molecule has 1 aliphatic rings. The lowest BCUT2D eigenvalue weighted by atomic mass is 10.2. The summed E-state index contributed by atoms with van der Waals surface area (Å²) in [6.45, 7) is 1.87. The number of likely N-dealkylation sites (tertiary alicyclic amines) is 1. The number of aliphatic hydroxyl groups excluding tert-OH is 1. The molecule has 0 bridgehead atoms. The second-order valence-corrected chi connectivity index (χ2v) is 4.98. The van der Waals surface area contributed by atoms with Gasteiger partial charge in [0.25, 0.3) is 0 Å². The molecule has 2 N–H and O–H groups in total. The van der Waals surface area contributed by atoms with Gasteiger partial charge < -0.3 is 24.9 Å². The number of likely N-dealkylation sites (N-methyl/N-ethyl adjacent to an activating group) is 2. The van der Waals surface area contributed by atoms with Gasteiger partial charge in [-0.15, -0.1) is 0 Å².